The van der Waals surface area contributed by atoms with E-state index in [1.54, 1.807) is 91.9 Å². The summed E-state index contributed by atoms with van der Waals surface area (Å²) < 4.78 is 70.7. The third-order valence-corrected chi connectivity index (χ3v) is 17.0. The molecule has 74 heavy (non-hydrogen) atoms. The Bertz CT molecular complexity index is 3410. The Hall–Kier alpha value is -7.23. The number of sulfonamides is 2. The molecule has 0 fully saturated rings. The van der Waals surface area contributed by atoms with Gasteiger partial charge in [0.15, 0.2) is 11.6 Å². The predicted molar refractivity (Wildman–Crippen MR) is 288 cm³/mol. The van der Waals surface area contributed by atoms with Crippen LogP contribution in [0.1, 0.15) is 95.8 Å². The lowest BCUT2D eigenvalue weighted by Crippen LogP contribution is -2.48. The van der Waals surface area contributed by atoms with Crippen LogP contribution in [-0.4, -0.2) is 46.4 Å². The number of Topliss-reactive ketones (excluding diaryl/α,β-unsaturated/α-hetero) is 2. The number of hydrogen-bond acceptors (Lipinski definition) is 9. The summed E-state index contributed by atoms with van der Waals surface area (Å²) >= 11 is 0. The second-order valence-electron chi connectivity index (χ2n) is 19.2. The van der Waals surface area contributed by atoms with Crippen molar-refractivity contribution in [2.75, 3.05) is 5.32 Å². The number of nitrogens with one attached hydrogen (secondary N) is 4. The lowest BCUT2D eigenvalue weighted by molar-refractivity contribution is -0.117. The van der Waals surface area contributed by atoms with Crippen molar-refractivity contribution < 1.29 is 36.0 Å². The third kappa shape index (κ3) is 11.3. The van der Waals surface area contributed by atoms with Gasteiger partial charge in [-0.3, -0.25) is 14.4 Å². The molecule has 4 unspecified atom stereocenters. The summed E-state index contributed by atoms with van der Waals surface area (Å²) in [5, 5.41) is 6.28. The van der Waals surface area contributed by atoms with Gasteiger partial charge in [-0.2, -0.15) is 0 Å². The first-order valence-corrected chi connectivity index (χ1v) is 28.2. The number of para-hydroxylation sites is 1. The topological polar surface area (TPSA) is 177 Å². The average Bonchev–Trinajstić information content (AvgIpc) is 3.41. The van der Waals surface area contributed by atoms with E-state index in [4.69, 9.17) is 4.74 Å². The minimum Gasteiger partial charge on any atom is -0.454 e. The molecule has 2 aliphatic carbocycles. The summed E-state index contributed by atoms with van der Waals surface area (Å²) in [6, 6.07) is 45.3. The molecular formula is C60H60N4O8S2. The standard InChI is InChI=1S/C60H60N4O8S2/c1-4-5-9-24-43-35-36-49(52(37-43)74(70,71)64-40(3)32-34-42-22-12-7-13-23-42)72-50-38-48(61-47-29-18-19-30-51(47)73(68,69)63-39(2)31-33-41-20-10-6-11-21-41)54-55-53(45-27-16-17-28-46(45)59(54)66)56(60(67)62-57(50)55)58(65)44-25-14-8-15-26-44/h6-8,10-23,25-30,35-40,54-55,61,63-64H,4-5,9,24,31-34H2,1-3H3,(H,62,67). The van der Waals surface area contributed by atoms with E-state index in [1.165, 1.54) is 12.1 Å². The minimum absolute atomic E-state index is 0.0155. The Morgan fingerprint density at radius 3 is 1.82 bits per heavy atom. The van der Waals surface area contributed by atoms with E-state index in [9.17, 15) is 26.4 Å². The molecule has 3 aliphatic rings. The Balaban J connectivity index is 1.16. The molecule has 6 aromatic carbocycles. The zero-order valence-corrected chi connectivity index (χ0v) is 43.3. The Morgan fingerprint density at radius 1 is 0.622 bits per heavy atom. The molecule has 0 aromatic heterocycles. The predicted octanol–water partition coefficient (Wildman–Crippen LogP) is 10.5. The molecule has 0 radical (unpaired) electrons. The number of carbonyl (C=O) groups is 3. The number of fused-ring (bicyclic) bond motifs is 2. The number of ketones is 2. The van der Waals surface area contributed by atoms with E-state index in [-0.39, 0.29) is 66.4 Å². The molecule has 1 heterocycles. The van der Waals surface area contributed by atoms with Crippen LogP contribution >= 0.6 is 0 Å². The quantitative estimate of drug-likeness (QED) is 0.0293. The number of ether oxygens (including phenoxy) is 1. The number of rotatable bonds is 22. The lowest BCUT2D eigenvalue weighted by atomic mass is 9.64. The van der Waals surface area contributed by atoms with Crippen molar-refractivity contribution in [2.45, 2.75) is 94.0 Å². The van der Waals surface area contributed by atoms with Crippen molar-refractivity contribution >= 4 is 48.8 Å². The van der Waals surface area contributed by atoms with Gasteiger partial charge in [-0.25, -0.2) is 26.3 Å². The fourth-order valence-corrected chi connectivity index (χ4v) is 13.0. The van der Waals surface area contributed by atoms with Crippen LogP contribution in [0.2, 0.25) is 0 Å². The second kappa shape index (κ2) is 22.5. The van der Waals surface area contributed by atoms with Gasteiger partial charge in [0.25, 0.3) is 5.91 Å². The molecule has 4 atom stereocenters. The van der Waals surface area contributed by atoms with Gasteiger partial charge >= 0.3 is 0 Å². The van der Waals surface area contributed by atoms with Gasteiger partial charge in [0, 0.05) is 40.9 Å². The first-order valence-electron chi connectivity index (χ1n) is 25.3. The molecule has 0 saturated heterocycles. The number of allylic oxidation sites excluding steroid dienone is 3. The molecular weight excluding hydrogens is 969 g/mol. The van der Waals surface area contributed by atoms with Crippen LogP contribution in [0.25, 0.3) is 5.57 Å². The van der Waals surface area contributed by atoms with Crippen LogP contribution < -0.4 is 24.8 Å². The SMILES string of the molecule is CCCCCc1ccc(OC2=C3NC(=O)C(C(=O)c4ccccc4)=C4c5ccccc5C(=O)C(C(Nc5ccccc5S(=O)(=O)NC(C)CCc5ccccc5)=C2)C34)c(S(=O)(=O)NC(C)CCc2ccccc2)c1. The molecule has 4 N–H and O–H groups in total. The van der Waals surface area contributed by atoms with Crippen LogP contribution in [0.3, 0.4) is 0 Å². The van der Waals surface area contributed by atoms with E-state index in [2.05, 4.69) is 27.0 Å². The lowest BCUT2D eigenvalue weighted by Gasteiger charge is -2.43. The van der Waals surface area contributed by atoms with Crippen LogP contribution in [0.5, 0.6) is 5.75 Å². The van der Waals surface area contributed by atoms with E-state index in [0.717, 1.165) is 36.0 Å². The summed E-state index contributed by atoms with van der Waals surface area (Å²) in [7, 11) is -8.46. The Labute approximate surface area is 434 Å². The maximum Gasteiger partial charge on any atom is 0.259 e. The van der Waals surface area contributed by atoms with Gasteiger partial charge in [-0.15, -0.1) is 0 Å². The first-order chi connectivity index (χ1) is 35.7. The van der Waals surface area contributed by atoms with Crippen molar-refractivity contribution in [3.8, 4) is 5.75 Å². The molecule has 0 saturated carbocycles. The fourth-order valence-electron chi connectivity index (χ4n) is 10.1. The normalized spacial score (nSPS) is 17.1. The third-order valence-electron chi connectivity index (χ3n) is 13.8. The number of anilines is 1. The maximum absolute atomic E-state index is 15.2. The summed E-state index contributed by atoms with van der Waals surface area (Å²) in [6.45, 7) is 5.72. The van der Waals surface area contributed by atoms with Gasteiger partial charge < -0.3 is 15.4 Å². The number of hydrogen-bond donors (Lipinski definition) is 4. The van der Waals surface area contributed by atoms with Gasteiger partial charge in [-0.05, 0) is 104 Å². The van der Waals surface area contributed by atoms with Crippen molar-refractivity contribution in [1.29, 1.82) is 0 Å². The zero-order valence-electron chi connectivity index (χ0n) is 41.6. The largest absolute Gasteiger partial charge is 0.454 e. The molecule has 6 aromatic rings. The van der Waals surface area contributed by atoms with Crippen molar-refractivity contribution in [3.63, 3.8) is 0 Å². The highest BCUT2D eigenvalue weighted by Gasteiger charge is 2.52. The van der Waals surface area contributed by atoms with Crippen molar-refractivity contribution in [2.24, 2.45) is 11.8 Å². The summed E-state index contributed by atoms with van der Waals surface area (Å²) in [6.07, 6.45) is 7.25. The van der Waals surface area contributed by atoms with E-state index < -0.39 is 55.7 Å². The second-order valence-corrected chi connectivity index (χ2v) is 22.6. The Morgan fingerprint density at radius 2 is 1.19 bits per heavy atom. The highest BCUT2D eigenvalue weighted by Crippen LogP contribution is 2.52. The minimum atomic E-state index is -4.27. The van der Waals surface area contributed by atoms with Gasteiger partial charge in [0.05, 0.1) is 22.9 Å². The molecule has 14 heteroatoms. The smallest absolute Gasteiger partial charge is 0.259 e. The van der Waals surface area contributed by atoms with Crippen LogP contribution in [0.4, 0.5) is 5.69 Å². The molecule has 12 nitrogen and oxygen atoms in total. The van der Waals surface area contributed by atoms with Crippen LogP contribution in [0, 0.1) is 11.8 Å². The number of benzene rings is 6. The highest BCUT2D eigenvalue weighted by molar-refractivity contribution is 7.90. The molecule has 1 amide bonds. The highest BCUT2D eigenvalue weighted by atomic mass is 32.2. The first kappa shape index (κ1) is 51.7. The van der Waals surface area contributed by atoms with Crippen molar-refractivity contribution in [3.05, 3.63) is 220 Å². The number of amides is 1. The van der Waals surface area contributed by atoms with E-state index in [1.807, 2.05) is 73.7 Å². The fraction of sp³-hybridized carbons (Fsp3) is 0.250. The number of unbranched alkanes of at least 4 members (excludes halogenated alkanes) is 2. The molecule has 380 valence electrons. The molecule has 1 aliphatic heterocycles. The van der Waals surface area contributed by atoms with E-state index >= 15 is 4.79 Å². The number of aryl methyl sites for hydroxylation is 3. The van der Waals surface area contributed by atoms with Gasteiger partial charge in [-0.1, -0.05) is 153 Å². The summed E-state index contributed by atoms with van der Waals surface area (Å²) in [5.74, 6) is -3.92. The monoisotopic (exact) mass is 1030 g/mol. The molecule has 0 spiro atoms. The van der Waals surface area contributed by atoms with Crippen molar-refractivity contribution in [1.82, 2.24) is 14.8 Å². The summed E-state index contributed by atoms with van der Waals surface area (Å²) in [4.78, 5) is 44.3. The Kier molecular flexibility index (Phi) is 15.7. The molecule has 0 bridgehead atoms. The van der Waals surface area contributed by atoms with Gasteiger partial charge in [0.2, 0.25) is 20.0 Å². The average molecular weight is 1030 g/mol. The molecule has 9 rings (SSSR count). The maximum atomic E-state index is 15.2. The number of carbonyl (C=O) groups excluding carboxylic acids is 3. The van der Waals surface area contributed by atoms with Gasteiger partial charge in [0.1, 0.15) is 21.3 Å². The van der Waals surface area contributed by atoms with E-state index in [0.29, 0.717) is 37.7 Å². The van der Waals surface area contributed by atoms with Crippen LogP contribution in [0.15, 0.2) is 196 Å². The summed E-state index contributed by atoms with van der Waals surface area (Å²) in [5.41, 5.74) is 4.46. The zero-order chi connectivity index (χ0) is 52.0. The van der Waals surface area contributed by atoms with Crippen LogP contribution in [-0.2, 0) is 44.1 Å².